The molecule has 0 aliphatic carbocycles. The molecule has 2 N–H and O–H groups in total. The summed E-state index contributed by atoms with van der Waals surface area (Å²) in [6, 6.07) is 19.7. The summed E-state index contributed by atoms with van der Waals surface area (Å²) in [6.07, 6.45) is 0. The Labute approximate surface area is 240 Å². The predicted molar refractivity (Wildman–Crippen MR) is 155 cm³/mol. The van der Waals surface area contributed by atoms with Crippen LogP contribution in [0.2, 0.25) is 5.02 Å². The van der Waals surface area contributed by atoms with E-state index >= 15 is 0 Å². The van der Waals surface area contributed by atoms with E-state index in [4.69, 9.17) is 22.1 Å². The average molecular weight is 588 g/mol. The number of carbonyl (C=O) groups is 1. The fourth-order valence-electron chi connectivity index (χ4n) is 5.06. The van der Waals surface area contributed by atoms with E-state index in [1.165, 1.54) is 12.1 Å². The number of nitrogens with two attached hydrogens (primary N) is 1. The van der Waals surface area contributed by atoms with Crippen LogP contribution in [0, 0.1) is 5.82 Å². The van der Waals surface area contributed by atoms with Gasteiger partial charge in [-0.05, 0) is 61.9 Å². The fraction of sp³-hybridized carbons (Fsp3) is 0.367. The van der Waals surface area contributed by atoms with Crippen molar-refractivity contribution in [3.63, 3.8) is 0 Å². The lowest BCUT2D eigenvalue weighted by atomic mass is 10.00. The van der Waals surface area contributed by atoms with Crippen molar-refractivity contribution in [1.29, 1.82) is 0 Å². The summed E-state index contributed by atoms with van der Waals surface area (Å²) in [5, 5.41) is 0.420. The summed E-state index contributed by atoms with van der Waals surface area (Å²) in [5.41, 5.74) is 7.59. The molecule has 1 saturated heterocycles. The first-order valence-corrected chi connectivity index (χ1v) is 15.3. The molecule has 0 spiro atoms. The molecule has 1 fully saturated rings. The number of piperazine rings is 1. The Bertz CT molecular complexity index is 1410. The van der Waals surface area contributed by atoms with E-state index in [2.05, 4.69) is 11.8 Å². The Kier molecular flexibility index (Phi) is 9.84. The van der Waals surface area contributed by atoms with Crippen LogP contribution in [0.15, 0.2) is 77.7 Å². The number of carbonyl (C=O) groups excluding carboxylic acids is 1. The van der Waals surface area contributed by atoms with E-state index in [9.17, 15) is 17.6 Å². The van der Waals surface area contributed by atoms with Gasteiger partial charge in [0.05, 0.1) is 10.6 Å². The molecule has 0 aromatic heterocycles. The molecular weight excluding hydrogens is 553 g/mol. The van der Waals surface area contributed by atoms with Crippen molar-refractivity contribution in [3.05, 3.63) is 94.8 Å². The summed E-state index contributed by atoms with van der Waals surface area (Å²) in [5.74, 6) is -0.846. The van der Waals surface area contributed by atoms with Crippen LogP contribution in [0.25, 0.3) is 0 Å². The van der Waals surface area contributed by atoms with Crippen LogP contribution in [-0.2, 0) is 21.2 Å². The van der Waals surface area contributed by atoms with E-state index in [0.29, 0.717) is 36.0 Å². The molecule has 1 aliphatic heterocycles. The summed E-state index contributed by atoms with van der Waals surface area (Å²) in [4.78, 5) is 17.6. The molecule has 10 heteroatoms. The van der Waals surface area contributed by atoms with Gasteiger partial charge in [-0.2, -0.15) is 0 Å². The smallest absolute Gasteiger partial charge is 0.260 e. The Morgan fingerprint density at radius 3 is 2.42 bits per heavy atom. The van der Waals surface area contributed by atoms with Gasteiger partial charge in [0.2, 0.25) is 0 Å². The van der Waals surface area contributed by atoms with Crippen LogP contribution < -0.4 is 10.5 Å². The summed E-state index contributed by atoms with van der Waals surface area (Å²) >= 11 is 6.26. The quantitative estimate of drug-likeness (QED) is 0.376. The van der Waals surface area contributed by atoms with Gasteiger partial charge in [-0.25, -0.2) is 12.8 Å². The third-order valence-electron chi connectivity index (χ3n) is 7.30. The van der Waals surface area contributed by atoms with E-state index in [1.54, 1.807) is 60.7 Å². The number of amides is 1. The van der Waals surface area contributed by atoms with Gasteiger partial charge in [0.25, 0.3) is 5.91 Å². The van der Waals surface area contributed by atoms with Crippen LogP contribution in [0.1, 0.15) is 30.9 Å². The molecule has 0 bridgehead atoms. The molecule has 3 atom stereocenters. The lowest BCUT2D eigenvalue weighted by Crippen LogP contribution is -2.58. The second-order valence-corrected chi connectivity index (χ2v) is 12.8. The Balaban J connectivity index is 1.42. The minimum Gasteiger partial charge on any atom is -0.483 e. The average Bonchev–Trinajstić information content (AvgIpc) is 2.94. The van der Waals surface area contributed by atoms with Gasteiger partial charge >= 0.3 is 0 Å². The molecule has 0 radical (unpaired) electrons. The van der Waals surface area contributed by atoms with Crippen molar-refractivity contribution in [2.45, 2.75) is 43.3 Å². The van der Waals surface area contributed by atoms with Crippen molar-refractivity contribution >= 4 is 27.3 Å². The van der Waals surface area contributed by atoms with Crippen molar-refractivity contribution in [2.75, 3.05) is 32.0 Å². The van der Waals surface area contributed by atoms with Crippen LogP contribution >= 0.6 is 11.6 Å². The molecule has 214 valence electrons. The monoisotopic (exact) mass is 587 g/mol. The molecule has 1 amide bonds. The molecule has 0 saturated carbocycles. The standard InChI is InChI=1S/C30H35ClFN3O4S/c1-21-17-35(22(2)16-34(21)18-23-8-11-26(32)12-9-23)30(36)19-39-29-13-10-25(31)14-28(29)24(15-33)20-40(37,38)27-6-4-3-5-7-27/h3-14,21-22,24H,15-20,33H2,1-2H3/t21-,22+,24?/m0/s1. The molecule has 4 rings (SSSR count). The lowest BCUT2D eigenvalue weighted by molar-refractivity contribution is -0.139. The number of nitrogens with zero attached hydrogens (tertiary/aromatic N) is 2. The maximum absolute atomic E-state index is 13.3. The molecule has 40 heavy (non-hydrogen) atoms. The summed E-state index contributed by atoms with van der Waals surface area (Å²) < 4.78 is 45.4. The lowest BCUT2D eigenvalue weighted by Gasteiger charge is -2.44. The van der Waals surface area contributed by atoms with E-state index in [-0.39, 0.29) is 47.6 Å². The van der Waals surface area contributed by atoms with E-state index < -0.39 is 15.8 Å². The number of hydrogen-bond acceptors (Lipinski definition) is 6. The van der Waals surface area contributed by atoms with Crippen LogP contribution in [-0.4, -0.2) is 68.2 Å². The highest BCUT2D eigenvalue weighted by molar-refractivity contribution is 7.91. The van der Waals surface area contributed by atoms with Crippen molar-refractivity contribution in [2.24, 2.45) is 5.73 Å². The number of benzene rings is 3. The zero-order valence-electron chi connectivity index (χ0n) is 22.7. The highest BCUT2D eigenvalue weighted by Gasteiger charge is 2.32. The van der Waals surface area contributed by atoms with Gasteiger partial charge < -0.3 is 15.4 Å². The maximum Gasteiger partial charge on any atom is 0.260 e. The van der Waals surface area contributed by atoms with Gasteiger partial charge in [-0.3, -0.25) is 9.69 Å². The second kappa shape index (κ2) is 13.1. The molecule has 7 nitrogen and oxygen atoms in total. The van der Waals surface area contributed by atoms with Gasteiger partial charge in [0.15, 0.2) is 16.4 Å². The highest BCUT2D eigenvalue weighted by atomic mass is 35.5. The van der Waals surface area contributed by atoms with Crippen molar-refractivity contribution in [1.82, 2.24) is 9.80 Å². The van der Waals surface area contributed by atoms with Crippen molar-refractivity contribution in [3.8, 4) is 5.75 Å². The first-order valence-electron chi connectivity index (χ1n) is 13.3. The second-order valence-electron chi connectivity index (χ2n) is 10.3. The predicted octanol–water partition coefficient (Wildman–Crippen LogP) is 4.50. The highest BCUT2D eigenvalue weighted by Crippen LogP contribution is 2.32. The third-order valence-corrected chi connectivity index (χ3v) is 9.37. The summed E-state index contributed by atoms with van der Waals surface area (Å²) in [6.45, 7) is 5.78. The molecule has 3 aromatic rings. The van der Waals surface area contributed by atoms with Crippen LogP contribution in [0.3, 0.4) is 0 Å². The number of sulfone groups is 1. The molecule has 3 aromatic carbocycles. The molecule has 1 heterocycles. The molecule has 1 aliphatic rings. The first-order chi connectivity index (χ1) is 19.1. The number of rotatable bonds is 10. The summed E-state index contributed by atoms with van der Waals surface area (Å²) in [7, 11) is -3.62. The Morgan fingerprint density at radius 1 is 1.05 bits per heavy atom. The van der Waals surface area contributed by atoms with E-state index in [0.717, 1.165) is 5.56 Å². The number of halogens is 2. The maximum atomic E-state index is 13.3. The topological polar surface area (TPSA) is 92.9 Å². The van der Waals surface area contributed by atoms with Crippen LogP contribution in [0.4, 0.5) is 4.39 Å². The van der Waals surface area contributed by atoms with E-state index in [1.807, 2.05) is 11.8 Å². The minimum atomic E-state index is -3.62. The molecular formula is C30H35ClFN3O4S. The zero-order chi connectivity index (χ0) is 28.9. The zero-order valence-corrected chi connectivity index (χ0v) is 24.2. The Hall–Kier alpha value is -2.98. The SMILES string of the molecule is C[C@@H]1CN(Cc2ccc(F)cc2)[C@@H](C)CN1C(=O)COc1ccc(Cl)cc1C(CN)CS(=O)(=O)c1ccccc1. The van der Waals surface area contributed by atoms with Gasteiger partial charge in [0, 0.05) is 54.8 Å². The first kappa shape index (κ1) is 30.0. The number of ether oxygens (including phenoxy) is 1. The number of hydrogen-bond donors (Lipinski definition) is 1. The largest absolute Gasteiger partial charge is 0.483 e. The minimum absolute atomic E-state index is 0.0507. The third kappa shape index (κ3) is 7.40. The Morgan fingerprint density at radius 2 is 1.75 bits per heavy atom. The van der Waals surface area contributed by atoms with Gasteiger partial charge in [0.1, 0.15) is 11.6 Å². The fourth-order valence-corrected chi connectivity index (χ4v) is 6.85. The van der Waals surface area contributed by atoms with Gasteiger partial charge in [-0.15, -0.1) is 0 Å². The van der Waals surface area contributed by atoms with Gasteiger partial charge in [-0.1, -0.05) is 41.9 Å². The van der Waals surface area contributed by atoms with Crippen molar-refractivity contribution < 1.29 is 22.3 Å². The normalized spacial score (nSPS) is 18.9. The molecule has 1 unspecified atom stereocenters. The van der Waals surface area contributed by atoms with Crippen LogP contribution in [0.5, 0.6) is 5.75 Å².